The van der Waals surface area contributed by atoms with Gasteiger partial charge < -0.3 is 0 Å². The number of hydrogen-bond donors (Lipinski definition) is 0. The monoisotopic (exact) mass is 90.0 g/mol. The van der Waals surface area contributed by atoms with Crippen LogP contribution in [-0.4, -0.2) is 0 Å². The Labute approximate surface area is 61.2 Å². The molecule has 0 saturated carbocycles. The number of allylic oxidation sites excluding steroid dienone is 3. The molecule has 0 N–H and O–H groups in total. The molecule has 0 bridgehead atoms. The summed E-state index contributed by atoms with van der Waals surface area (Å²) in [5, 5.41) is 0. The molecule has 0 heterocycles. The third-order valence-corrected chi connectivity index (χ3v) is 0.272. The second-order valence-corrected chi connectivity index (χ2v) is 0.664. The predicted octanol–water partition coefficient (Wildman–Crippen LogP) is -1.43. The summed E-state index contributed by atoms with van der Waals surface area (Å²) in [6, 6.07) is 0. The van der Waals surface area contributed by atoms with Gasteiger partial charge >= 0.3 is 29.6 Å². The van der Waals surface area contributed by atoms with E-state index in [0.717, 1.165) is 0 Å². The molecule has 1 heteroatoms. The number of rotatable bonds is 1. The molecule has 0 amide bonds. The van der Waals surface area contributed by atoms with Crippen molar-refractivity contribution in [1.82, 2.24) is 0 Å². The van der Waals surface area contributed by atoms with E-state index in [4.69, 9.17) is 0 Å². The maximum absolute atomic E-state index is 3.42. The molecule has 0 saturated heterocycles. The summed E-state index contributed by atoms with van der Waals surface area (Å²) in [4.78, 5) is 0. The standard InChI is InChI=1S/C5H7.Na/c1-3-5-4-2;/h3-5H,1-2H2;/q-1;+1. The van der Waals surface area contributed by atoms with Gasteiger partial charge in [-0.1, -0.05) is 0 Å². The molecular weight excluding hydrogens is 83.0 g/mol. The van der Waals surface area contributed by atoms with Crippen molar-refractivity contribution in [1.29, 1.82) is 0 Å². The van der Waals surface area contributed by atoms with Crippen LogP contribution in [0.4, 0.5) is 0 Å². The Hall–Kier alpha value is 0.350. The van der Waals surface area contributed by atoms with E-state index in [0.29, 0.717) is 0 Å². The Morgan fingerprint density at radius 2 is 2.00 bits per heavy atom. The van der Waals surface area contributed by atoms with E-state index in [1.54, 1.807) is 18.2 Å². The molecule has 0 rings (SSSR count). The van der Waals surface area contributed by atoms with Gasteiger partial charge in [0.15, 0.2) is 0 Å². The zero-order valence-corrected chi connectivity index (χ0v) is 6.15. The Morgan fingerprint density at radius 1 is 1.50 bits per heavy atom. The summed E-state index contributed by atoms with van der Waals surface area (Å²) in [7, 11) is 0. The minimum absolute atomic E-state index is 0. The van der Waals surface area contributed by atoms with Crippen LogP contribution in [0.3, 0.4) is 0 Å². The minimum Gasteiger partial charge on any atom is -0.245 e. The predicted molar refractivity (Wildman–Crippen MR) is 24.7 cm³/mol. The van der Waals surface area contributed by atoms with Gasteiger partial charge in [-0.25, -0.2) is 19.1 Å². The maximum atomic E-state index is 3.42. The molecule has 28 valence electrons. The van der Waals surface area contributed by atoms with Crippen LogP contribution >= 0.6 is 0 Å². The Morgan fingerprint density at radius 3 is 2.00 bits per heavy atom. The van der Waals surface area contributed by atoms with Crippen molar-refractivity contribution in [2.75, 3.05) is 0 Å². The van der Waals surface area contributed by atoms with Crippen molar-refractivity contribution in [2.24, 2.45) is 0 Å². The fraction of sp³-hybridized carbons (Fsp3) is 0. The van der Waals surface area contributed by atoms with Crippen LogP contribution in [0.5, 0.6) is 0 Å². The summed E-state index contributed by atoms with van der Waals surface area (Å²) in [5.74, 6) is 0. The zero-order valence-electron chi connectivity index (χ0n) is 4.15. The van der Waals surface area contributed by atoms with Gasteiger partial charge in [0.2, 0.25) is 0 Å². The molecule has 0 aromatic heterocycles. The normalized spacial score (nSPS) is 7.33. The van der Waals surface area contributed by atoms with Gasteiger partial charge in [0.25, 0.3) is 0 Å². The molecule has 0 aromatic rings. The molecule has 0 spiro atoms. The van der Waals surface area contributed by atoms with Crippen molar-refractivity contribution in [3.63, 3.8) is 0 Å². The SMILES string of the molecule is C=CC=C[CH2-].[Na+]. The van der Waals surface area contributed by atoms with E-state index in [9.17, 15) is 0 Å². The van der Waals surface area contributed by atoms with E-state index in [2.05, 4.69) is 13.5 Å². The quantitative estimate of drug-likeness (QED) is 0.210. The smallest absolute Gasteiger partial charge is 0.245 e. The first-order valence-electron chi connectivity index (χ1n) is 1.48. The first kappa shape index (κ1) is 9.61. The summed E-state index contributed by atoms with van der Waals surface area (Å²) < 4.78 is 0. The molecule has 0 aromatic carbocycles. The van der Waals surface area contributed by atoms with E-state index in [-0.39, 0.29) is 29.6 Å². The molecule has 0 aliphatic carbocycles. The molecule has 0 aliphatic rings. The summed E-state index contributed by atoms with van der Waals surface area (Å²) in [6.07, 6.45) is 5.15. The van der Waals surface area contributed by atoms with Gasteiger partial charge in [-0.05, 0) is 0 Å². The topological polar surface area (TPSA) is 0 Å². The van der Waals surface area contributed by atoms with Gasteiger partial charge in [-0.2, -0.15) is 6.08 Å². The van der Waals surface area contributed by atoms with Crippen LogP contribution in [0.15, 0.2) is 24.8 Å². The molecule has 6 heavy (non-hydrogen) atoms. The average molecular weight is 90.1 g/mol. The van der Waals surface area contributed by atoms with E-state index >= 15 is 0 Å². The molecule has 0 nitrogen and oxygen atoms in total. The van der Waals surface area contributed by atoms with Crippen LogP contribution in [0, 0.1) is 6.92 Å². The Bertz CT molecular complexity index is 45.9. The Kier molecular flexibility index (Phi) is 14.4. The second-order valence-electron chi connectivity index (χ2n) is 0.664. The molecule has 0 radical (unpaired) electrons. The average Bonchev–Trinajstić information content (AvgIpc) is 1.41. The summed E-state index contributed by atoms with van der Waals surface area (Å²) in [5.41, 5.74) is 0. The third-order valence-electron chi connectivity index (χ3n) is 0.272. The molecule has 0 fully saturated rings. The van der Waals surface area contributed by atoms with Gasteiger partial charge in [0, 0.05) is 0 Å². The number of hydrogen-bond acceptors (Lipinski definition) is 0. The van der Waals surface area contributed by atoms with Gasteiger partial charge in [0.05, 0.1) is 0 Å². The van der Waals surface area contributed by atoms with E-state index in [1.807, 2.05) is 0 Å². The van der Waals surface area contributed by atoms with Crippen molar-refractivity contribution in [3.05, 3.63) is 31.7 Å². The fourth-order valence-electron chi connectivity index (χ4n) is 0.0962. The van der Waals surface area contributed by atoms with Crippen molar-refractivity contribution in [3.8, 4) is 0 Å². The van der Waals surface area contributed by atoms with Crippen molar-refractivity contribution in [2.45, 2.75) is 0 Å². The summed E-state index contributed by atoms with van der Waals surface area (Å²) in [6.45, 7) is 6.85. The van der Waals surface area contributed by atoms with Gasteiger partial charge in [-0.3, -0.25) is 0 Å². The molecule has 0 atom stereocenters. The fourth-order valence-corrected chi connectivity index (χ4v) is 0.0962. The van der Waals surface area contributed by atoms with Crippen LogP contribution < -0.4 is 29.6 Å². The second kappa shape index (κ2) is 9.02. The molecule has 0 aliphatic heterocycles. The zero-order chi connectivity index (χ0) is 4.12. The van der Waals surface area contributed by atoms with Gasteiger partial charge in [0.1, 0.15) is 0 Å². The summed E-state index contributed by atoms with van der Waals surface area (Å²) >= 11 is 0. The largest absolute Gasteiger partial charge is 1.00 e. The van der Waals surface area contributed by atoms with Crippen LogP contribution in [-0.2, 0) is 0 Å². The van der Waals surface area contributed by atoms with Crippen LogP contribution in [0.2, 0.25) is 0 Å². The Balaban J connectivity index is 0. The van der Waals surface area contributed by atoms with Crippen LogP contribution in [0.1, 0.15) is 0 Å². The molecular formula is C5H7Na. The molecule has 0 unspecified atom stereocenters. The van der Waals surface area contributed by atoms with Crippen molar-refractivity contribution >= 4 is 0 Å². The first-order chi connectivity index (χ1) is 2.41. The third kappa shape index (κ3) is 8.84. The van der Waals surface area contributed by atoms with Crippen molar-refractivity contribution < 1.29 is 29.6 Å². The first-order valence-corrected chi connectivity index (χ1v) is 1.48. The minimum atomic E-state index is 0. The van der Waals surface area contributed by atoms with E-state index < -0.39 is 0 Å². The maximum Gasteiger partial charge on any atom is 1.00 e. The van der Waals surface area contributed by atoms with E-state index in [1.165, 1.54) is 0 Å². The van der Waals surface area contributed by atoms with Crippen LogP contribution in [0.25, 0.3) is 0 Å². The van der Waals surface area contributed by atoms with Gasteiger partial charge in [-0.15, -0.1) is 6.58 Å².